The quantitative estimate of drug-likeness (QED) is 0.728. The summed E-state index contributed by atoms with van der Waals surface area (Å²) in [7, 11) is 1.67. The zero-order chi connectivity index (χ0) is 13.9. The maximum absolute atomic E-state index is 10.3. The number of thiophene rings is 1. The van der Waals surface area contributed by atoms with E-state index in [1.54, 1.807) is 7.11 Å². The minimum absolute atomic E-state index is 0.400. The molecule has 19 heavy (non-hydrogen) atoms. The summed E-state index contributed by atoms with van der Waals surface area (Å²) in [6.07, 6.45) is 4.28. The molecule has 2 rings (SSSR count). The summed E-state index contributed by atoms with van der Waals surface area (Å²) in [5.41, 5.74) is 0.750. The Labute approximate surface area is 132 Å². The number of halogens is 1. The molecule has 1 aliphatic carbocycles. The third kappa shape index (κ3) is 4.39. The van der Waals surface area contributed by atoms with Gasteiger partial charge in [-0.1, -0.05) is 0 Å². The van der Waals surface area contributed by atoms with Crippen molar-refractivity contribution in [1.29, 1.82) is 0 Å². The van der Waals surface area contributed by atoms with Crippen LogP contribution in [0.15, 0.2) is 6.07 Å². The van der Waals surface area contributed by atoms with Crippen LogP contribution in [0.5, 0.6) is 0 Å². The standard InChI is InChI=1S/C14H22INO2S/c1-14(17,6-7-18-2)9-16-11-4-3-5-12-10(11)8-13(15)19-12/h8,11,16-17H,3-7,9H2,1-2H3. The van der Waals surface area contributed by atoms with E-state index in [2.05, 4.69) is 34.0 Å². The van der Waals surface area contributed by atoms with E-state index in [-0.39, 0.29) is 0 Å². The summed E-state index contributed by atoms with van der Waals surface area (Å²) in [5, 5.41) is 13.8. The van der Waals surface area contributed by atoms with Gasteiger partial charge in [-0.15, -0.1) is 11.3 Å². The predicted octanol–water partition coefficient (Wildman–Crippen LogP) is 3.11. The number of aliphatic hydroxyl groups is 1. The van der Waals surface area contributed by atoms with Crippen molar-refractivity contribution in [2.45, 2.75) is 44.2 Å². The summed E-state index contributed by atoms with van der Waals surface area (Å²) in [4.78, 5) is 1.52. The third-order valence-corrected chi connectivity index (χ3v) is 5.63. The molecule has 2 N–H and O–H groups in total. The molecule has 3 nitrogen and oxygen atoms in total. The van der Waals surface area contributed by atoms with E-state index in [4.69, 9.17) is 4.74 Å². The summed E-state index contributed by atoms with van der Waals surface area (Å²) in [5.74, 6) is 0. The summed E-state index contributed by atoms with van der Waals surface area (Å²) >= 11 is 4.30. The molecular formula is C14H22INO2S. The van der Waals surface area contributed by atoms with E-state index in [0.717, 1.165) is 0 Å². The van der Waals surface area contributed by atoms with E-state index < -0.39 is 5.60 Å². The Hall–Kier alpha value is 0.310. The van der Waals surface area contributed by atoms with Crippen LogP contribution in [0.2, 0.25) is 0 Å². The highest BCUT2D eigenvalue weighted by atomic mass is 127. The molecule has 0 bridgehead atoms. The summed E-state index contributed by atoms with van der Waals surface area (Å²) in [6.45, 7) is 3.09. The Kier molecular flexibility index (Phi) is 5.65. The van der Waals surface area contributed by atoms with Gasteiger partial charge < -0.3 is 15.2 Å². The van der Waals surface area contributed by atoms with Crippen molar-refractivity contribution < 1.29 is 9.84 Å². The van der Waals surface area contributed by atoms with Crippen LogP contribution in [0.3, 0.4) is 0 Å². The lowest BCUT2D eigenvalue weighted by Gasteiger charge is -2.29. The molecular weight excluding hydrogens is 373 g/mol. The van der Waals surface area contributed by atoms with E-state index in [9.17, 15) is 5.11 Å². The zero-order valence-corrected chi connectivity index (χ0v) is 14.5. The van der Waals surface area contributed by atoms with Crippen LogP contribution in [0.1, 0.15) is 42.7 Å². The molecule has 0 saturated heterocycles. The lowest BCUT2D eigenvalue weighted by atomic mass is 9.93. The van der Waals surface area contributed by atoms with Gasteiger partial charge in [-0.05, 0) is 60.4 Å². The second-order valence-electron chi connectivity index (χ2n) is 5.49. The van der Waals surface area contributed by atoms with Crippen LogP contribution in [0.4, 0.5) is 0 Å². The molecule has 1 aromatic rings. The van der Waals surface area contributed by atoms with Crippen LogP contribution in [0, 0.1) is 2.88 Å². The van der Waals surface area contributed by atoms with Gasteiger partial charge in [-0.2, -0.15) is 0 Å². The first-order valence-corrected chi connectivity index (χ1v) is 8.64. The molecule has 0 spiro atoms. The molecule has 0 aromatic carbocycles. The van der Waals surface area contributed by atoms with Crippen molar-refractivity contribution in [2.75, 3.05) is 20.3 Å². The van der Waals surface area contributed by atoms with Crippen molar-refractivity contribution in [3.05, 3.63) is 19.4 Å². The topological polar surface area (TPSA) is 41.5 Å². The molecule has 0 saturated carbocycles. The minimum Gasteiger partial charge on any atom is -0.389 e. The normalized spacial score (nSPS) is 22.0. The lowest BCUT2D eigenvalue weighted by Crippen LogP contribution is -2.40. The Morgan fingerprint density at radius 2 is 2.42 bits per heavy atom. The second-order valence-corrected chi connectivity index (χ2v) is 8.53. The average molecular weight is 395 g/mol. The number of rotatable bonds is 6. The summed E-state index contributed by atoms with van der Waals surface area (Å²) in [6, 6.07) is 2.69. The fourth-order valence-electron chi connectivity index (χ4n) is 2.49. The molecule has 0 amide bonds. The number of hydrogen-bond acceptors (Lipinski definition) is 4. The molecule has 108 valence electrons. The largest absolute Gasteiger partial charge is 0.389 e. The van der Waals surface area contributed by atoms with Crippen molar-refractivity contribution in [3.63, 3.8) is 0 Å². The Bertz CT molecular complexity index is 420. The Morgan fingerprint density at radius 1 is 1.63 bits per heavy atom. The second kappa shape index (κ2) is 6.85. The van der Waals surface area contributed by atoms with E-state index in [1.807, 2.05) is 18.3 Å². The maximum atomic E-state index is 10.3. The molecule has 0 fully saturated rings. The van der Waals surface area contributed by atoms with Gasteiger partial charge >= 0.3 is 0 Å². The van der Waals surface area contributed by atoms with Crippen LogP contribution in [0.25, 0.3) is 0 Å². The van der Waals surface area contributed by atoms with Gasteiger partial charge in [0.15, 0.2) is 0 Å². The van der Waals surface area contributed by atoms with Crippen molar-refractivity contribution in [3.8, 4) is 0 Å². The highest BCUT2D eigenvalue weighted by molar-refractivity contribution is 14.1. The van der Waals surface area contributed by atoms with Crippen molar-refractivity contribution in [1.82, 2.24) is 5.32 Å². The Morgan fingerprint density at radius 3 is 3.16 bits per heavy atom. The number of hydrogen-bond donors (Lipinski definition) is 2. The molecule has 2 atom stereocenters. The fraction of sp³-hybridized carbons (Fsp3) is 0.714. The van der Waals surface area contributed by atoms with Gasteiger partial charge in [-0.3, -0.25) is 0 Å². The Balaban J connectivity index is 1.93. The lowest BCUT2D eigenvalue weighted by molar-refractivity contribution is 0.0223. The molecule has 0 radical (unpaired) electrons. The smallest absolute Gasteiger partial charge is 0.0765 e. The van der Waals surface area contributed by atoms with Gasteiger partial charge in [0.25, 0.3) is 0 Å². The van der Waals surface area contributed by atoms with E-state index >= 15 is 0 Å². The number of nitrogens with one attached hydrogen (secondary N) is 1. The highest BCUT2D eigenvalue weighted by Crippen LogP contribution is 2.36. The SMILES string of the molecule is COCCC(C)(O)CNC1CCCc2sc(I)cc21. The molecule has 0 aliphatic heterocycles. The number of aryl methyl sites for hydroxylation is 1. The molecule has 5 heteroatoms. The maximum Gasteiger partial charge on any atom is 0.0765 e. The molecule has 1 heterocycles. The number of methoxy groups -OCH3 is 1. The van der Waals surface area contributed by atoms with Gasteiger partial charge in [0, 0.05) is 37.6 Å². The van der Waals surface area contributed by atoms with Crippen LogP contribution < -0.4 is 5.32 Å². The van der Waals surface area contributed by atoms with Gasteiger partial charge in [0.05, 0.1) is 8.48 Å². The first-order chi connectivity index (χ1) is 9.02. The average Bonchev–Trinajstić information content (AvgIpc) is 2.74. The first-order valence-electron chi connectivity index (χ1n) is 6.74. The third-order valence-electron chi connectivity index (χ3n) is 3.66. The first kappa shape index (κ1) is 15.7. The van der Waals surface area contributed by atoms with Gasteiger partial charge in [-0.25, -0.2) is 0 Å². The van der Waals surface area contributed by atoms with Gasteiger partial charge in [0.2, 0.25) is 0 Å². The zero-order valence-electron chi connectivity index (χ0n) is 11.5. The van der Waals surface area contributed by atoms with Crippen LogP contribution in [-0.4, -0.2) is 31.0 Å². The fourth-order valence-corrected chi connectivity index (χ4v) is 4.61. The van der Waals surface area contributed by atoms with Crippen LogP contribution in [-0.2, 0) is 11.2 Å². The van der Waals surface area contributed by atoms with E-state index in [1.165, 1.54) is 32.6 Å². The highest BCUT2D eigenvalue weighted by Gasteiger charge is 2.26. The monoisotopic (exact) mass is 395 g/mol. The van der Waals surface area contributed by atoms with Crippen LogP contribution >= 0.6 is 33.9 Å². The van der Waals surface area contributed by atoms with Crippen molar-refractivity contribution in [2.24, 2.45) is 0 Å². The molecule has 1 aromatic heterocycles. The van der Waals surface area contributed by atoms with Gasteiger partial charge in [0.1, 0.15) is 0 Å². The summed E-state index contributed by atoms with van der Waals surface area (Å²) < 4.78 is 6.41. The number of fused-ring (bicyclic) bond motifs is 1. The number of ether oxygens (including phenoxy) is 1. The van der Waals surface area contributed by atoms with Crippen molar-refractivity contribution >= 4 is 33.9 Å². The molecule has 1 aliphatic rings. The minimum atomic E-state index is -0.698. The van der Waals surface area contributed by atoms with E-state index in [0.29, 0.717) is 25.6 Å². The molecule has 2 unspecified atom stereocenters. The predicted molar refractivity (Wildman–Crippen MR) is 87.8 cm³/mol.